The van der Waals surface area contributed by atoms with Crippen LogP contribution in [-0.2, 0) is 10.8 Å². The van der Waals surface area contributed by atoms with E-state index in [1.165, 1.54) is 67.0 Å². The van der Waals surface area contributed by atoms with Gasteiger partial charge in [0.25, 0.3) is 0 Å². The van der Waals surface area contributed by atoms with Gasteiger partial charge < -0.3 is 4.90 Å². The molecule has 0 unspecified atom stereocenters. The first-order valence-electron chi connectivity index (χ1n) is 15.3. The Balaban J connectivity index is 1.30. The maximum atomic E-state index is 2.43. The summed E-state index contributed by atoms with van der Waals surface area (Å²) < 4.78 is 0. The summed E-state index contributed by atoms with van der Waals surface area (Å²) in [6.45, 7) is 9.40. The molecule has 0 atom stereocenters. The van der Waals surface area contributed by atoms with Crippen molar-refractivity contribution in [2.24, 2.45) is 0 Å². The van der Waals surface area contributed by atoms with E-state index in [1.54, 1.807) is 0 Å². The summed E-state index contributed by atoms with van der Waals surface area (Å²) in [6, 6.07) is 51.5. The van der Waals surface area contributed by atoms with Gasteiger partial charge in [0.1, 0.15) is 0 Å². The fraction of sp³-hybridized carbons (Fsp3) is 0.143. The quantitative estimate of drug-likeness (QED) is 0.210. The van der Waals surface area contributed by atoms with Crippen LogP contribution < -0.4 is 4.90 Å². The Morgan fingerprint density at radius 2 is 0.814 bits per heavy atom. The summed E-state index contributed by atoms with van der Waals surface area (Å²) in [5, 5.41) is 0. The van der Waals surface area contributed by atoms with Gasteiger partial charge in [0, 0.05) is 27.9 Å². The van der Waals surface area contributed by atoms with Crippen LogP contribution in [0, 0.1) is 0 Å². The molecule has 2 aliphatic rings. The second-order valence-corrected chi connectivity index (χ2v) is 13.0. The van der Waals surface area contributed by atoms with Gasteiger partial charge in [-0.2, -0.15) is 0 Å². The molecule has 1 nitrogen and oxygen atoms in total. The SMILES string of the molecule is CC1(C)c2ccccc2-c2cc(N(c3ccc(-c4ccccc4)cc3)c3ccc4c(c3)C(C)(C)c3ccccc3-4)ccc21. The van der Waals surface area contributed by atoms with Crippen molar-refractivity contribution in [1.82, 2.24) is 0 Å². The van der Waals surface area contributed by atoms with Gasteiger partial charge in [-0.1, -0.05) is 131 Å². The molecular weight excluding hydrogens is 518 g/mol. The highest BCUT2D eigenvalue weighted by Crippen LogP contribution is 2.53. The molecule has 0 heterocycles. The second-order valence-electron chi connectivity index (χ2n) is 13.0. The Hall–Kier alpha value is -4.88. The summed E-state index contributed by atoms with van der Waals surface area (Å²) >= 11 is 0. The summed E-state index contributed by atoms with van der Waals surface area (Å²) in [7, 11) is 0. The maximum absolute atomic E-state index is 2.43. The largest absolute Gasteiger partial charge is 0.310 e. The van der Waals surface area contributed by atoms with Crippen molar-refractivity contribution in [2.45, 2.75) is 38.5 Å². The number of nitrogens with zero attached hydrogens (tertiary/aromatic N) is 1. The van der Waals surface area contributed by atoms with Crippen LogP contribution in [0.15, 0.2) is 140 Å². The Kier molecular flexibility index (Phi) is 5.59. The number of fused-ring (bicyclic) bond motifs is 6. The Morgan fingerprint density at radius 1 is 0.349 bits per heavy atom. The predicted octanol–water partition coefficient (Wildman–Crippen LogP) is 11.4. The molecule has 1 heteroatoms. The third-order valence-electron chi connectivity index (χ3n) is 9.88. The average molecular weight is 554 g/mol. The number of hydrogen-bond donors (Lipinski definition) is 0. The lowest BCUT2D eigenvalue weighted by atomic mass is 9.82. The molecule has 0 amide bonds. The minimum absolute atomic E-state index is 0.0179. The molecule has 0 bridgehead atoms. The van der Waals surface area contributed by atoms with E-state index < -0.39 is 0 Å². The molecule has 0 aliphatic heterocycles. The van der Waals surface area contributed by atoms with Crippen LogP contribution in [0.5, 0.6) is 0 Å². The van der Waals surface area contributed by atoms with Crippen molar-refractivity contribution in [3.8, 4) is 33.4 Å². The van der Waals surface area contributed by atoms with Crippen molar-refractivity contribution in [3.63, 3.8) is 0 Å². The van der Waals surface area contributed by atoms with Gasteiger partial charge in [-0.25, -0.2) is 0 Å². The Labute approximate surface area is 255 Å². The highest BCUT2D eigenvalue weighted by molar-refractivity contribution is 5.89. The molecule has 0 aromatic heterocycles. The number of anilines is 3. The Morgan fingerprint density at radius 3 is 1.51 bits per heavy atom. The average Bonchev–Trinajstić information content (AvgIpc) is 3.41. The summed E-state index contributed by atoms with van der Waals surface area (Å²) in [5.41, 5.74) is 16.8. The van der Waals surface area contributed by atoms with Gasteiger partial charge in [0.05, 0.1) is 0 Å². The number of rotatable bonds is 4. The molecule has 6 aromatic rings. The van der Waals surface area contributed by atoms with Crippen LogP contribution in [-0.4, -0.2) is 0 Å². The van der Waals surface area contributed by atoms with Gasteiger partial charge >= 0.3 is 0 Å². The number of benzene rings is 6. The van der Waals surface area contributed by atoms with Crippen molar-refractivity contribution in [1.29, 1.82) is 0 Å². The monoisotopic (exact) mass is 553 g/mol. The predicted molar refractivity (Wildman–Crippen MR) is 182 cm³/mol. The van der Waals surface area contributed by atoms with E-state index in [0.717, 1.165) is 5.69 Å². The zero-order valence-electron chi connectivity index (χ0n) is 25.2. The molecule has 6 aromatic carbocycles. The minimum atomic E-state index is -0.0638. The minimum Gasteiger partial charge on any atom is -0.310 e. The van der Waals surface area contributed by atoms with Crippen molar-refractivity contribution in [3.05, 3.63) is 162 Å². The molecule has 0 radical (unpaired) electrons. The van der Waals surface area contributed by atoms with E-state index in [9.17, 15) is 0 Å². The number of hydrogen-bond acceptors (Lipinski definition) is 1. The van der Waals surface area contributed by atoms with E-state index in [1.807, 2.05) is 0 Å². The van der Waals surface area contributed by atoms with E-state index >= 15 is 0 Å². The molecule has 0 N–H and O–H groups in total. The van der Waals surface area contributed by atoms with Crippen LogP contribution >= 0.6 is 0 Å². The first-order chi connectivity index (χ1) is 20.8. The van der Waals surface area contributed by atoms with Crippen LogP contribution in [0.1, 0.15) is 49.9 Å². The highest BCUT2D eigenvalue weighted by Gasteiger charge is 2.37. The molecule has 8 rings (SSSR count). The third kappa shape index (κ3) is 3.85. The molecule has 43 heavy (non-hydrogen) atoms. The van der Waals surface area contributed by atoms with E-state index in [0.29, 0.717) is 0 Å². The lowest BCUT2D eigenvalue weighted by Gasteiger charge is -2.29. The summed E-state index contributed by atoms with van der Waals surface area (Å²) in [6.07, 6.45) is 0. The lowest BCUT2D eigenvalue weighted by molar-refractivity contribution is 0.660. The van der Waals surface area contributed by atoms with E-state index in [-0.39, 0.29) is 10.8 Å². The van der Waals surface area contributed by atoms with E-state index in [2.05, 4.69) is 172 Å². The molecule has 2 aliphatic carbocycles. The topological polar surface area (TPSA) is 3.24 Å². The molecule has 0 saturated carbocycles. The molecule has 0 saturated heterocycles. The smallest absolute Gasteiger partial charge is 0.0468 e. The van der Waals surface area contributed by atoms with Crippen molar-refractivity contribution in [2.75, 3.05) is 4.90 Å². The molecule has 0 fully saturated rings. The highest BCUT2D eigenvalue weighted by atomic mass is 15.1. The fourth-order valence-corrected chi connectivity index (χ4v) is 7.56. The van der Waals surface area contributed by atoms with Crippen molar-refractivity contribution < 1.29 is 0 Å². The first kappa shape index (κ1) is 25.8. The summed E-state index contributed by atoms with van der Waals surface area (Å²) in [5.74, 6) is 0. The van der Waals surface area contributed by atoms with Gasteiger partial charge in [0.2, 0.25) is 0 Å². The normalized spacial score (nSPS) is 14.9. The van der Waals surface area contributed by atoms with Gasteiger partial charge in [-0.15, -0.1) is 0 Å². The van der Waals surface area contributed by atoms with Crippen LogP contribution in [0.4, 0.5) is 17.1 Å². The zero-order chi connectivity index (χ0) is 29.3. The lowest BCUT2D eigenvalue weighted by Crippen LogP contribution is -2.17. The fourth-order valence-electron chi connectivity index (χ4n) is 7.56. The van der Waals surface area contributed by atoms with Gasteiger partial charge in [-0.3, -0.25) is 0 Å². The van der Waals surface area contributed by atoms with Crippen LogP contribution in [0.2, 0.25) is 0 Å². The molecule has 208 valence electrons. The first-order valence-corrected chi connectivity index (χ1v) is 15.3. The molecular formula is C42H35N. The van der Waals surface area contributed by atoms with Gasteiger partial charge in [0.15, 0.2) is 0 Å². The van der Waals surface area contributed by atoms with E-state index in [4.69, 9.17) is 0 Å². The van der Waals surface area contributed by atoms with Gasteiger partial charge in [-0.05, 0) is 92.0 Å². The zero-order valence-corrected chi connectivity index (χ0v) is 25.2. The van der Waals surface area contributed by atoms with Crippen LogP contribution in [0.25, 0.3) is 33.4 Å². The second kappa shape index (κ2) is 9.31. The maximum Gasteiger partial charge on any atom is 0.0468 e. The van der Waals surface area contributed by atoms with Crippen molar-refractivity contribution >= 4 is 17.1 Å². The standard InChI is InChI=1S/C42H35N/c1-41(2)38-17-11-9-15-34(38)36-26-31(23-25-39(36)41)43(30-20-18-29(19-21-30)28-12-6-5-7-13-28)32-22-24-35-33-14-8-10-16-37(33)42(3,4)40(35)27-32/h5-27H,1-4H3. The Bertz CT molecular complexity index is 2010. The molecule has 0 spiro atoms. The summed E-state index contributed by atoms with van der Waals surface area (Å²) in [4.78, 5) is 2.43. The van der Waals surface area contributed by atoms with Crippen LogP contribution in [0.3, 0.4) is 0 Å². The third-order valence-corrected chi connectivity index (χ3v) is 9.88.